The number of anilines is 1. The maximum atomic E-state index is 12.5. The van der Waals surface area contributed by atoms with E-state index in [9.17, 15) is 20.0 Å². The van der Waals surface area contributed by atoms with Gasteiger partial charge in [0, 0.05) is 19.5 Å². The summed E-state index contributed by atoms with van der Waals surface area (Å²) in [4.78, 5) is 26.1. The van der Waals surface area contributed by atoms with Crippen molar-refractivity contribution in [2.24, 2.45) is 0 Å². The summed E-state index contributed by atoms with van der Waals surface area (Å²) in [5.74, 6) is -1.18. The Kier molecular flexibility index (Phi) is 8.98. The molecule has 2 aromatic carbocycles. The number of hydrogen-bond donors (Lipinski definition) is 3. The smallest absolute Gasteiger partial charge is 0.503 e. The van der Waals surface area contributed by atoms with Crippen molar-refractivity contribution in [3.05, 3.63) is 59.2 Å². The Morgan fingerprint density at radius 3 is 2.50 bits per heavy atom. The summed E-state index contributed by atoms with van der Waals surface area (Å²) in [5.41, 5.74) is 6.03. The van der Waals surface area contributed by atoms with Crippen LogP contribution in [-0.2, 0) is 16.0 Å². The summed E-state index contributed by atoms with van der Waals surface area (Å²) >= 11 is 4.23. The third kappa shape index (κ3) is 6.68. The number of ether oxygens (including phenoxy) is 2. The highest BCUT2D eigenvalue weighted by Crippen LogP contribution is 2.35. The van der Waals surface area contributed by atoms with Gasteiger partial charge in [0.05, 0.1) is 5.69 Å². The molecule has 1 amide bonds. The molecule has 0 aliphatic heterocycles. The van der Waals surface area contributed by atoms with Gasteiger partial charge in [-0.25, -0.2) is 4.79 Å². The maximum absolute atomic E-state index is 12.5. The number of phenols is 1. The van der Waals surface area contributed by atoms with Crippen LogP contribution in [0.3, 0.4) is 0 Å². The van der Waals surface area contributed by atoms with Crippen LogP contribution >= 0.6 is 12.6 Å². The van der Waals surface area contributed by atoms with Crippen molar-refractivity contribution in [2.75, 3.05) is 18.8 Å². The van der Waals surface area contributed by atoms with E-state index in [4.69, 9.17) is 15.2 Å². The van der Waals surface area contributed by atoms with E-state index in [1.807, 2.05) is 36.4 Å². The van der Waals surface area contributed by atoms with E-state index in [1.54, 1.807) is 13.8 Å². The van der Waals surface area contributed by atoms with Crippen molar-refractivity contribution >= 4 is 36.5 Å². The molecule has 0 aliphatic rings. The SMILES string of the molecule is CCN(CC)C(=O)/C(C#N)=C/c1cc(N)c(O)c(OC(=O)OC(S)Cc2ccccc2)c1. The lowest BCUT2D eigenvalue weighted by Gasteiger charge is -2.18. The predicted octanol–water partition coefficient (Wildman–Crippen LogP) is 3.76. The highest BCUT2D eigenvalue weighted by molar-refractivity contribution is 7.80. The molecular weight excluding hydrogens is 430 g/mol. The largest absolute Gasteiger partial charge is 0.515 e. The molecular formula is C23H25N3O5S. The van der Waals surface area contributed by atoms with Crippen LogP contribution in [0.2, 0.25) is 0 Å². The monoisotopic (exact) mass is 455 g/mol. The van der Waals surface area contributed by atoms with E-state index in [1.165, 1.54) is 23.1 Å². The number of nitriles is 1. The van der Waals surface area contributed by atoms with E-state index >= 15 is 0 Å². The minimum atomic E-state index is -1.09. The van der Waals surface area contributed by atoms with Crippen molar-refractivity contribution < 1.29 is 24.2 Å². The van der Waals surface area contributed by atoms with Gasteiger partial charge < -0.3 is 25.2 Å². The van der Waals surface area contributed by atoms with Gasteiger partial charge in [-0.1, -0.05) is 30.3 Å². The Balaban J connectivity index is 2.18. The first-order valence-corrected chi connectivity index (χ1v) is 10.4. The minimum absolute atomic E-state index is 0.0964. The Hall–Kier alpha value is -3.64. The maximum Gasteiger partial charge on any atom is 0.515 e. The highest BCUT2D eigenvalue weighted by atomic mass is 32.1. The van der Waals surface area contributed by atoms with Crippen molar-refractivity contribution in [1.82, 2.24) is 4.90 Å². The molecule has 3 N–H and O–H groups in total. The molecule has 0 bridgehead atoms. The Morgan fingerprint density at radius 2 is 1.91 bits per heavy atom. The third-order valence-electron chi connectivity index (χ3n) is 4.52. The number of carbonyl (C=O) groups excluding carboxylic acids is 2. The summed E-state index contributed by atoms with van der Waals surface area (Å²) < 4.78 is 10.2. The summed E-state index contributed by atoms with van der Waals surface area (Å²) in [6.07, 6.45) is 0.580. The molecule has 1 atom stereocenters. The zero-order chi connectivity index (χ0) is 23.7. The van der Waals surface area contributed by atoms with Crippen LogP contribution in [0.5, 0.6) is 11.5 Å². The van der Waals surface area contributed by atoms with Gasteiger partial charge in [0.1, 0.15) is 11.6 Å². The molecule has 0 aliphatic carbocycles. The number of aromatic hydroxyl groups is 1. The molecule has 0 heterocycles. The lowest BCUT2D eigenvalue weighted by Crippen LogP contribution is -2.31. The Morgan fingerprint density at radius 1 is 1.25 bits per heavy atom. The molecule has 1 unspecified atom stereocenters. The number of nitrogen functional groups attached to an aromatic ring is 1. The standard InChI is InChI=1S/C23H25N3O5S/c1-3-26(4-2)22(28)17(14-24)10-16-11-18(25)21(27)19(12-16)30-23(29)31-20(32)13-15-8-6-5-7-9-15/h5-12,20,27,32H,3-4,13,25H2,1-2H3/b17-10+. The summed E-state index contributed by atoms with van der Waals surface area (Å²) in [6, 6.07) is 13.8. The highest BCUT2D eigenvalue weighted by Gasteiger charge is 2.19. The summed E-state index contributed by atoms with van der Waals surface area (Å²) in [6.45, 7) is 4.50. The molecule has 2 aromatic rings. The zero-order valence-corrected chi connectivity index (χ0v) is 18.7. The fourth-order valence-electron chi connectivity index (χ4n) is 2.88. The van der Waals surface area contributed by atoms with Gasteiger partial charge in [0.2, 0.25) is 0 Å². The minimum Gasteiger partial charge on any atom is -0.503 e. The lowest BCUT2D eigenvalue weighted by molar-refractivity contribution is -0.126. The number of carbonyl (C=O) groups is 2. The van der Waals surface area contributed by atoms with Crippen LogP contribution in [0.4, 0.5) is 10.5 Å². The van der Waals surface area contributed by atoms with Gasteiger partial charge in [0.15, 0.2) is 16.9 Å². The molecule has 2 rings (SSSR count). The molecule has 0 saturated heterocycles. The first-order valence-electron chi connectivity index (χ1n) is 9.93. The molecule has 0 saturated carbocycles. The zero-order valence-electron chi connectivity index (χ0n) is 17.8. The molecule has 0 aromatic heterocycles. The molecule has 0 radical (unpaired) electrons. The average Bonchev–Trinajstić information content (AvgIpc) is 2.76. The number of likely N-dealkylation sites (N-methyl/N-ethyl adjacent to an activating group) is 1. The van der Waals surface area contributed by atoms with E-state index in [0.717, 1.165) is 5.56 Å². The second-order valence-corrected chi connectivity index (χ2v) is 7.29. The van der Waals surface area contributed by atoms with Crippen molar-refractivity contribution in [1.29, 1.82) is 5.26 Å². The van der Waals surface area contributed by atoms with Gasteiger partial charge in [-0.3, -0.25) is 4.79 Å². The third-order valence-corrected chi connectivity index (χ3v) is 4.81. The number of rotatable bonds is 8. The van der Waals surface area contributed by atoms with Gasteiger partial charge in [-0.2, -0.15) is 5.26 Å². The predicted molar refractivity (Wildman–Crippen MR) is 124 cm³/mol. The van der Waals surface area contributed by atoms with Crippen LogP contribution in [0.1, 0.15) is 25.0 Å². The van der Waals surface area contributed by atoms with Crippen molar-refractivity contribution in [2.45, 2.75) is 25.7 Å². The number of thiol groups is 1. The number of phenolic OH excluding ortho intramolecular Hbond substituents is 1. The number of amides is 1. The number of hydrogen-bond acceptors (Lipinski definition) is 8. The molecule has 9 heteroatoms. The van der Waals surface area contributed by atoms with E-state index in [-0.39, 0.29) is 17.0 Å². The van der Waals surface area contributed by atoms with Crippen LogP contribution in [-0.4, -0.2) is 40.6 Å². The topological polar surface area (TPSA) is 126 Å². The van der Waals surface area contributed by atoms with E-state index < -0.39 is 23.2 Å². The van der Waals surface area contributed by atoms with Crippen molar-refractivity contribution in [3.8, 4) is 17.6 Å². The summed E-state index contributed by atoms with van der Waals surface area (Å²) in [7, 11) is 0. The molecule has 0 fully saturated rings. The second-order valence-electron chi connectivity index (χ2n) is 6.72. The van der Waals surface area contributed by atoms with Gasteiger partial charge in [-0.15, -0.1) is 12.6 Å². The average molecular weight is 456 g/mol. The van der Waals surface area contributed by atoms with Crippen LogP contribution in [0.15, 0.2) is 48.0 Å². The Bertz CT molecular complexity index is 1030. The summed E-state index contributed by atoms with van der Waals surface area (Å²) in [5, 5.41) is 19.6. The van der Waals surface area contributed by atoms with E-state index in [2.05, 4.69) is 12.6 Å². The quantitative estimate of drug-likeness (QED) is 0.0808. The van der Waals surface area contributed by atoms with Crippen LogP contribution in [0, 0.1) is 11.3 Å². The van der Waals surface area contributed by atoms with Gasteiger partial charge >= 0.3 is 6.16 Å². The number of benzene rings is 2. The fraction of sp³-hybridized carbons (Fsp3) is 0.261. The molecule has 168 valence electrons. The van der Waals surface area contributed by atoms with Crippen LogP contribution < -0.4 is 10.5 Å². The second kappa shape index (κ2) is 11.7. The first kappa shape index (κ1) is 24.6. The lowest BCUT2D eigenvalue weighted by atomic mass is 10.1. The molecule has 32 heavy (non-hydrogen) atoms. The normalized spacial score (nSPS) is 11.9. The molecule has 8 nitrogen and oxygen atoms in total. The first-order chi connectivity index (χ1) is 15.3. The number of nitrogens with two attached hydrogens (primary N) is 1. The van der Waals surface area contributed by atoms with Crippen molar-refractivity contribution in [3.63, 3.8) is 0 Å². The molecule has 0 spiro atoms. The fourth-order valence-corrected chi connectivity index (χ4v) is 3.18. The van der Waals surface area contributed by atoms with Gasteiger partial charge in [0.25, 0.3) is 5.91 Å². The van der Waals surface area contributed by atoms with Crippen LogP contribution in [0.25, 0.3) is 6.08 Å². The number of nitrogens with zero attached hydrogens (tertiary/aromatic N) is 2. The van der Waals surface area contributed by atoms with Gasteiger partial charge in [-0.05, 0) is 43.2 Å². The Labute approximate surface area is 192 Å². The van der Waals surface area contributed by atoms with E-state index in [0.29, 0.717) is 25.1 Å².